The predicted octanol–water partition coefficient (Wildman–Crippen LogP) is 1.50. The number of fused-ring (bicyclic) bond motifs is 3. The van der Waals surface area contributed by atoms with Crippen LogP contribution in [0.5, 0.6) is 0 Å². The average Bonchev–Trinajstić information content (AvgIpc) is 2.64. The second-order valence-electron chi connectivity index (χ2n) is 4.97. The molecule has 6 heteroatoms. The van der Waals surface area contributed by atoms with Crippen LogP contribution in [0.2, 0.25) is 0 Å². The fraction of sp³-hybridized carbons (Fsp3) is 0.333. The molecule has 1 aliphatic heterocycles. The van der Waals surface area contributed by atoms with Gasteiger partial charge in [0.1, 0.15) is 6.54 Å². The fourth-order valence-electron chi connectivity index (χ4n) is 2.83. The van der Waals surface area contributed by atoms with Gasteiger partial charge in [-0.3, -0.25) is 0 Å². The van der Waals surface area contributed by atoms with Crippen LogP contribution < -0.4 is 4.90 Å². The molecule has 2 nitrogen and oxygen atoms in total. The van der Waals surface area contributed by atoms with Crippen LogP contribution in [0, 0.1) is 0 Å². The molecule has 1 atom stereocenters. The molecule has 0 saturated carbocycles. The standard InChI is InChI=1S/C12H13BF3N2/c14-13(15,16)8-18-6-5-10-9-3-1-2-4-11(9)17-12(10)7-18/h1-4,17H,5-8H2/q-1/p+1. The highest BCUT2D eigenvalue weighted by molar-refractivity contribution is 6.58. The van der Waals surface area contributed by atoms with E-state index >= 15 is 0 Å². The third-order valence-corrected chi connectivity index (χ3v) is 3.58. The van der Waals surface area contributed by atoms with Crippen molar-refractivity contribution in [2.45, 2.75) is 13.0 Å². The minimum Gasteiger partial charge on any atom is -0.445 e. The minimum atomic E-state index is -4.70. The van der Waals surface area contributed by atoms with Crippen LogP contribution >= 0.6 is 0 Å². The Morgan fingerprint density at radius 2 is 2.00 bits per heavy atom. The Morgan fingerprint density at radius 3 is 2.78 bits per heavy atom. The van der Waals surface area contributed by atoms with Gasteiger partial charge in [-0.15, -0.1) is 0 Å². The van der Waals surface area contributed by atoms with Crippen molar-refractivity contribution in [1.82, 2.24) is 4.98 Å². The Balaban J connectivity index is 1.89. The highest BCUT2D eigenvalue weighted by Gasteiger charge is 2.32. The molecule has 18 heavy (non-hydrogen) atoms. The first kappa shape index (κ1) is 11.7. The lowest BCUT2D eigenvalue weighted by Gasteiger charge is -2.28. The smallest absolute Gasteiger partial charge is 0.445 e. The molecule has 0 spiro atoms. The Bertz CT molecular complexity index is 576. The summed E-state index contributed by atoms with van der Waals surface area (Å²) in [5.41, 5.74) is 3.20. The third kappa shape index (κ3) is 2.12. The molecule has 1 aromatic carbocycles. The van der Waals surface area contributed by atoms with Crippen molar-refractivity contribution in [3.63, 3.8) is 0 Å². The van der Waals surface area contributed by atoms with Crippen molar-refractivity contribution in [2.24, 2.45) is 0 Å². The summed E-state index contributed by atoms with van der Waals surface area (Å²) < 4.78 is 37.4. The van der Waals surface area contributed by atoms with Gasteiger partial charge in [0.15, 0.2) is 0 Å². The summed E-state index contributed by atoms with van der Waals surface area (Å²) >= 11 is 0. The average molecular weight is 254 g/mol. The fourth-order valence-corrected chi connectivity index (χ4v) is 2.83. The van der Waals surface area contributed by atoms with Gasteiger partial charge in [0.2, 0.25) is 0 Å². The molecule has 0 radical (unpaired) electrons. The molecule has 96 valence electrons. The summed E-state index contributed by atoms with van der Waals surface area (Å²) in [6.45, 7) is -3.69. The van der Waals surface area contributed by atoms with Crippen LogP contribution in [0.25, 0.3) is 10.9 Å². The van der Waals surface area contributed by atoms with Crippen molar-refractivity contribution < 1.29 is 17.8 Å². The maximum atomic E-state index is 12.5. The number of H-pyrrole nitrogens is 1. The summed E-state index contributed by atoms with van der Waals surface area (Å²) in [5.74, 6) is 0. The van der Waals surface area contributed by atoms with E-state index in [-0.39, 0.29) is 0 Å². The van der Waals surface area contributed by atoms with Crippen LogP contribution in [0.4, 0.5) is 12.9 Å². The zero-order chi connectivity index (χ0) is 12.8. The lowest BCUT2D eigenvalue weighted by molar-refractivity contribution is -0.907. The van der Waals surface area contributed by atoms with E-state index in [9.17, 15) is 12.9 Å². The summed E-state index contributed by atoms with van der Waals surface area (Å²) in [6.07, 6.45) is 0.0373. The minimum absolute atomic E-state index is 0.450. The number of hydrogen-bond donors (Lipinski definition) is 2. The van der Waals surface area contributed by atoms with Crippen LogP contribution in [0.1, 0.15) is 11.3 Å². The number of para-hydroxylation sites is 1. The topological polar surface area (TPSA) is 20.2 Å². The number of quaternary nitrogens is 1. The molecule has 2 aromatic rings. The Kier molecular flexibility index (Phi) is 2.62. The van der Waals surface area contributed by atoms with Gasteiger partial charge in [-0.05, 0) is 11.6 Å². The van der Waals surface area contributed by atoms with Crippen molar-refractivity contribution in [3.05, 3.63) is 35.5 Å². The number of benzene rings is 1. The van der Waals surface area contributed by atoms with E-state index in [2.05, 4.69) is 4.98 Å². The number of aromatic nitrogens is 1. The molecule has 1 unspecified atom stereocenters. The van der Waals surface area contributed by atoms with E-state index in [0.29, 0.717) is 18.0 Å². The van der Waals surface area contributed by atoms with Crippen molar-refractivity contribution in [1.29, 1.82) is 0 Å². The summed E-state index contributed by atoms with van der Waals surface area (Å²) in [4.78, 5) is 3.86. The number of nitrogens with one attached hydrogen (secondary N) is 2. The zero-order valence-electron chi connectivity index (χ0n) is 9.85. The van der Waals surface area contributed by atoms with Gasteiger partial charge < -0.3 is 22.8 Å². The molecule has 0 saturated heterocycles. The Labute approximate surface area is 103 Å². The summed E-state index contributed by atoms with van der Waals surface area (Å²) in [6, 6.07) is 7.91. The van der Waals surface area contributed by atoms with Gasteiger partial charge >= 0.3 is 6.98 Å². The van der Waals surface area contributed by atoms with E-state index in [1.807, 2.05) is 24.3 Å². The highest BCUT2D eigenvalue weighted by atomic mass is 19.4. The van der Waals surface area contributed by atoms with Gasteiger partial charge in [0.05, 0.1) is 18.7 Å². The quantitative estimate of drug-likeness (QED) is 0.757. The predicted molar refractivity (Wildman–Crippen MR) is 65.5 cm³/mol. The molecular formula is C12H14BF3N2. The van der Waals surface area contributed by atoms with Crippen molar-refractivity contribution >= 4 is 17.9 Å². The normalized spacial score (nSPS) is 20.1. The zero-order valence-corrected chi connectivity index (χ0v) is 9.85. The molecule has 0 bridgehead atoms. The van der Waals surface area contributed by atoms with E-state index in [0.717, 1.165) is 23.0 Å². The second-order valence-corrected chi connectivity index (χ2v) is 4.97. The maximum Gasteiger partial charge on any atom is 0.531 e. The van der Waals surface area contributed by atoms with Crippen LogP contribution in [-0.4, -0.2) is 25.0 Å². The molecule has 0 amide bonds. The Morgan fingerprint density at radius 1 is 1.22 bits per heavy atom. The molecule has 3 rings (SSSR count). The van der Waals surface area contributed by atoms with E-state index in [1.165, 1.54) is 5.56 Å². The highest BCUT2D eigenvalue weighted by Crippen LogP contribution is 2.23. The number of hydrogen-bond acceptors (Lipinski definition) is 0. The van der Waals surface area contributed by atoms with Crippen molar-refractivity contribution in [3.8, 4) is 0 Å². The van der Waals surface area contributed by atoms with Gasteiger partial charge in [-0.2, -0.15) is 0 Å². The maximum absolute atomic E-state index is 12.5. The van der Waals surface area contributed by atoms with Crippen molar-refractivity contribution in [2.75, 3.05) is 13.0 Å². The van der Waals surface area contributed by atoms with Crippen LogP contribution in [-0.2, 0) is 13.0 Å². The number of rotatable bonds is 2. The van der Waals surface area contributed by atoms with Gasteiger partial charge in [-0.1, -0.05) is 18.2 Å². The first-order valence-electron chi connectivity index (χ1n) is 6.16. The molecule has 0 aliphatic carbocycles. The van der Waals surface area contributed by atoms with Crippen LogP contribution in [0.3, 0.4) is 0 Å². The van der Waals surface area contributed by atoms with Gasteiger partial charge in [-0.25, -0.2) is 0 Å². The van der Waals surface area contributed by atoms with Crippen LogP contribution in [0.15, 0.2) is 24.3 Å². The first-order valence-corrected chi connectivity index (χ1v) is 6.16. The molecular weight excluding hydrogens is 240 g/mol. The third-order valence-electron chi connectivity index (χ3n) is 3.58. The Hall–Kier alpha value is -1.43. The molecule has 2 heterocycles. The lowest BCUT2D eigenvalue weighted by atomic mass is 9.89. The first-order chi connectivity index (χ1) is 8.53. The lowest BCUT2D eigenvalue weighted by Crippen LogP contribution is -3.13. The number of aromatic amines is 1. The summed E-state index contributed by atoms with van der Waals surface area (Å²) in [5, 5.41) is 1.16. The van der Waals surface area contributed by atoms with E-state index in [1.54, 1.807) is 0 Å². The second kappa shape index (κ2) is 4.05. The molecule has 1 aromatic heterocycles. The SMILES string of the molecule is F[B-](F)(F)C[NH+]1CCc2c([nH]c3ccccc23)C1. The van der Waals surface area contributed by atoms with Gasteiger partial charge in [0, 0.05) is 17.3 Å². The van der Waals surface area contributed by atoms with E-state index in [4.69, 9.17) is 0 Å². The van der Waals surface area contributed by atoms with Gasteiger partial charge in [0.25, 0.3) is 0 Å². The molecule has 2 N–H and O–H groups in total. The molecule has 1 aliphatic rings. The number of halogens is 3. The monoisotopic (exact) mass is 254 g/mol. The molecule has 0 fully saturated rings. The summed E-state index contributed by atoms with van der Waals surface area (Å²) in [7, 11) is 0. The largest absolute Gasteiger partial charge is 0.531 e. The van der Waals surface area contributed by atoms with E-state index < -0.39 is 13.4 Å².